The number of esters is 1. The average molecular weight is 289 g/mol. The fourth-order valence-corrected chi connectivity index (χ4v) is 3.89. The van der Waals surface area contributed by atoms with Gasteiger partial charge in [0.15, 0.2) is 5.82 Å². The van der Waals surface area contributed by atoms with Crippen molar-refractivity contribution in [3.63, 3.8) is 0 Å². The quantitative estimate of drug-likeness (QED) is 0.801. The molecule has 1 heterocycles. The molecule has 2 atom stereocenters. The molecule has 0 spiro atoms. The van der Waals surface area contributed by atoms with E-state index in [2.05, 4.69) is 19.6 Å². The molecule has 1 aromatic heterocycles. The Morgan fingerprint density at radius 2 is 2.21 bits per heavy atom. The molecule has 0 aromatic carbocycles. The van der Waals surface area contributed by atoms with E-state index in [-0.39, 0.29) is 6.01 Å². The van der Waals surface area contributed by atoms with Crippen molar-refractivity contribution in [2.24, 2.45) is 5.92 Å². The molecule has 19 heavy (non-hydrogen) atoms. The van der Waals surface area contributed by atoms with E-state index in [0.29, 0.717) is 25.1 Å². The first-order valence-electron chi connectivity index (χ1n) is 5.84. The molecule has 106 valence electrons. The van der Waals surface area contributed by atoms with Crippen molar-refractivity contribution in [1.82, 2.24) is 10.1 Å². The van der Waals surface area contributed by atoms with Gasteiger partial charge in [0.2, 0.25) is 10.0 Å². The number of rotatable bonds is 4. The first-order valence-corrected chi connectivity index (χ1v) is 7.38. The summed E-state index contributed by atoms with van der Waals surface area (Å²) in [6, 6.07) is -0.187. The van der Waals surface area contributed by atoms with Gasteiger partial charge in [0, 0.05) is 0 Å². The van der Waals surface area contributed by atoms with Crippen LogP contribution in [0.4, 0.5) is 6.01 Å². The van der Waals surface area contributed by atoms with Gasteiger partial charge in [-0.15, -0.1) is 0 Å². The highest BCUT2D eigenvalue weighted by Crippen LogP contribution is 2.32. The zero-order valence-corrected chi connectivity index (χ0v) is 11.4. The van der Waals surface area contributed by atoms with E-state index in [1.54, 1.807) is 6.92 Å². The summed E-state index contributed by atoms with van der Waals surface area (Å²) in [5, 5.41) is 2.67. The van der Waals surface area contributed by atoms with Gasteiger partial charge >= 0.3 is 12.0 Å². The Morgan fingerprint density at radius 3 is 2.79 bits per heavy atom. The van der Waals surface area contributed by atoms with E-state index in [1.165, 1.54) is 7.11 Å². The van der Waals surface area contributed by atoms with Crippen LogP contribution in [0.5, 0.6) is 0 Å². The molecule has 2 rings (SSSR count). The first kappa shape index (κ1) is 13.8. The van der Waals surface area contributed by atoms with E-state index in [4.69, 9.17) is 4.52 Å². The predicted octanol–water partition coefficient (Wildman–Crippen LogP) is 0.461. The fraction of sp³-hybridized carbons (Fsp3) is 0.700. The number of sulfonamides is 1. The van der Waals surface area contributed by atoms with E-state index in [1.807, 2.05) is 0 Å². The molecule has 2 unspecified atom stereocenters. The van der Waals surface area contributed by atoms with Gasteiger partial charge in [-0.1, -0.05) is 11.6 Å². The van der Waals surface area contributed by atoms with Crippen molar-refractivity contribution in [3.05, 3.63) is 5.82 Å². The van der Waals surface area contributed by atoms with E-state index < -0.39 is 27.2 Å². The van der Waals surface area contributed by atoms with Crippen LogP contribution in [0.15, 0.2) is 4.52 Å². The molecule has 8 nitrogen and oxygen atoms in total. The molecule has 1 saturated carbocycles. The van der Waals surface area contributed by atoms with Gasteiger partial charge in [-0.3, -0.25) is 4.79 Å². The highest BCUT2D eigenvalue weighted by atomic mass is 32.2. The molecule has 0 radical (unpaired) electrons. The highest BCUT2D eigenvalue weighted by Gasteiger charge is 2.42. The van der Waals surface area contributed by atoms with Crippen LogP contribution in [0.25, 0.3) is 0 Å². The van der Waals surface area contributed by atoms with Gasteiger partial charge in [0.05, 0.1) is 18.3 Å². The third-order valence-electron chi connectivity index (χ3n) is 3.11. The number of hydrogen-bond acceptors (Lipinski definition) is 7. The number of carbonyl (C=O) groups excluding carboxylic acids is 1. The standard InChI is InChI=1S/C10H15N3O5S/c1-6-11-10(18-12-6)13-19(15,16)8-5-3-4-7(8)9(14)17-2/h7-8H,3-5H2,1-2H3,(H,11,12,13). The summed E-state index contributed by atoms with van der Waals surface area (Å²) >= 11 is 0. The third kappa shape index (κ3) is 2.86. The molecule has 0 saturated heterocycles. The van der Waals surface area contributed by atoms with E-state index in [9.17, 15) is 13.2 Å². The van der Waals surface area contributed by atoms with Crippen LogP contribution in [0.3, 0.4) is 0 Å². The molecule has 0 amide bonds. The average Bonchev–Trinajstić information content (AvgIpc) is 2.97. The lowest BCUT2D eigenvalue weighted by molar-refractivity contribution is -0.145. The molecule has 1 fully saturated rings. The minimum Gasteiger partial charge on any atom is -0.469 e. The second kappa shape index (κ2) is 5.16. The minimum atomic E-state index is -3.75. The monoisotopic (exact) mass is 289 g/mol. The molecular formula is C10H15N3O5S. The predicted molar refractivity (Wildman–Crippen MR) is 64.7 cm³/mol. The lowest BCUT2D eigenvalue weighted by Gasteiger charge is -2.17. The van der Waals surface area contributed by atoms with Crippen molar-refractivity contribution in [2.45, 2.75) is 31.4 Å². The second-order valence-corrected chi connectivity index (χ2v) is 6.29. The topological polar surface area (TPSA) is 111 Å². The molecule has 1 aromatic rings. The van der Waals surface area contributed by atoms with Crippen LogP contribution in [-0.4, -0.2) is 36.9 Å². The Bertz CT molecular complexity index is 567. The van der Waals surface area contributed by atoms with Crippen molar-refractivity contribution in [3.8, 4) is 0 Å². The van der Waals surface area contributed by atoms with Crippen LogP contribution in [-0.2, 0) is 19.6 Å². The molecule has 1 aliphatic rings. The maximum Gasteiger partial charge on any atom is 0.335 e. The minimum absolute atomic E-state index is 0.187. The van der Waals surface area contributed by atoms with Crippen molar-refractivity contribution >= 4 is 22.0 Å². The van der Waals surface area contributed by atoms with Crippen LogP contribution >= 0.6 is 0 Å². The summed E-state index contributed by atoms with van der Waals surface area (Å²) in [7, 11) is -2.50. The van der Waals surface area contributed by atoms with Crippen molar-refractivity contribution in [2.75, 3.05) is 11.8 Å². The Balaban J connectivity index is 2.17. The summed E-state index contributed by atoms with van der Waals surface area (Å²) in [5.74, 6) is -0.824. The lowest BCUT2D eigenvalue weighted by Crippen LogP contribution is -2.35. The number of anilines is 1. The number of hydrogen-bond donors (Lipinski definition) is 1. The van der Waals surface area contributed by atoms with E-state index >= 15 is 0 Å². The smallest absolute Gasteiger partial charge is 0.335 e. The van der Waals surface area contributed by atoms with Crippen LogP contribution in [0.2, 0.25) is 0 Å². The number of aromatic nitrogens is 2. The summed E-state index contributed by atoms with van der Waals surface area (Å²) in [6.45, 7) is 1.58. The maximum absolute atomic E-state index is 12.2. The SMILES string of the molecule is COC(=O)C1CCCC1S(=O)(=O)Nc1nc(C)no1. The Kier molecular flexibility index (Phi) is 3.74. The van der Waals surface area contributed by atoms with Gasteiger partial charge in [-0.2, -0.15) is 4.98 Å². The van der Waals surface area contributed by atoms with Gasteiger partial charge < -0.3 is 9.26 Å². The second-order valence-electron chi connectivity index (χ2n) is 4.39. The van der Waals surface area contributed by atoms with Crippen molar-refractivity contribution < 1.29 is 22.5 Å². The third-order valence-corrected chi connectivity index (χ3v) is 4.93. The number of carbonyl (C=O) groups is 1. The highest BCUT2D eigenvalue weighted by molar-refractivity contribution is 7.93. The molecule has 9 heteroatoms. The van der Waals surface area contributed by atoms with Crippen LogP contribution < -0.4 is 4.72 Å². The Morgan fingerprint density at radius 1 is 1.47 bits per heavy atom. The summed E-state index contributed by atoms with van der Waals surface area (Å²) in [6.07, 6.45) is 1.57. The fourth-order valence-electron chi connectivity index (χ4n) is 2.25. The molecule has 0 bridgehead atoms. The van der Waals surface area contributed by atoms with E-state index in [0.717, 1.165) is 0 Å². The molecule has 0 aliphatic heterocycles. The van der Waals surface area contributed by atoms with Gasteiger partial charge in [0.25, 0.3) is 0 Å². The lowest BCUT2D eigenvalue weighted by atomic mass is 10.1. The van der Waals surface area contributed by atoms with Gasteiger partial charge in [-0.05, 0) is 19.8 Å². The first-order chi connectivity index (χ1) is 8.94. The normalized spacial score (nSPS) is 23.3. The summed E-state index contributed by atoms with van der Waals surface area (Å²) < 4.78 is 36.0. The van der Waals surface area contributed by atoms with Gasteiger partial charge in [0.1, 0.15) is 0 Å². The number of aryl methyl sites for hydroxylation is 1. The molecular weight excluding hydrogens is 274 g/mol. The summed E-state index contributed by atoms with van der Waals surface area (Å²) in [4.78, 5) is 15.3. The number of ether oxygens (including phenoxy) is 1. The number of nitrogens with one attached hydrogen (secondary N) is 1. The van der Waals surface area contributed by atoms with Gasteiger partial charge in [-0.25, -0.2) is 13.1 Å². The largest absolute Gasteiger partial charge is 0.469 e. The Labute approximate surface area is 110 Å². The number of nitrogens with zero attached hydrogens (tertiary/aromatic N) is 2. The zero-order chi connectivity index (χ0) is 14.0. The van der Waals surface area contributed by atoms with Crippen LogP contribution in [0, 0.1) is 12.8 Å². The Hall–Kier alpha value is -1.64. The number of methoxy groups -OCH3 is 1. The van der Waals surface area contributed by atoms with Crippen LogP contribution in [0.1, 0.15) is 25.1 Å². The van der Waals surface area contributed by atoms with Crippen molar-refractivity contribution in [1.29, 1.82) is 0 Å². The summed E-state index contributed by atoms with van der Waals surface area (Å²) in [5.41, 5.74) is 0. The molecule has 1 aliphatic carbocycles. The maximum atomic E-state index is 12.2. The zero-order valence-electron chi connectivity index (χ0n) is 10.6. The molecule has 1 N–H and O–H groups in total.